The number of rotatable bonds is 10. The van der Waals surface area contributed by atoms with Crippen molar-refractivity contribution < 1.29 is 37.2 Å². The van der Waals surface area contributed by atoms with Crippen molar-refractivity contribution >= 4 is 38.4 Å². The number of aliphatic hydroxyl groups is 1. The summed E-state index contributed by atoms with van der Waals surface area (Å²) in [6.07, 6.45) is 0.846. The molecule has 0 aliphatic carbocycles. The van der Waals surface area contributed by atoms with Crippen molar-refractivity contribution in [3.8, 4) is 0 Å². The lowest BCUT2D eigenvalue weighted by molar-refractivity contribution is -1.02. The molecule has 0 unspecified atom stereocenters. The molecule has 4 N–H and O–H groups in total. The van der Waals surface area contributed by atoms with Crippen LogP contribution in [-0.2, 0) is 26.0 Å². The number of sulfonamides is 1. The number of hydrogen-bond donors (Lipinski definition) is 3. The molecule has 0 saturated carbocycles. The number of carbonyl (C=O) groups excluding carboxylic acids is 1. The van der Waals surface area contributed by atoms with Crippen LogP contribution in [0.5, 0.6) is 0 Å². The number of amides is 1. The molecular weight excluding hydrogens is 582 g/mol. The Morgan fingerprint density at radius 1 is 1.11 bits per heavy atom. The summed E-state index contributed by atoms with van der Waals surface area (Å²) in [7, 11) is 0.613. The standard InChI is InChI=1S/C32H44N5O6S/c1-20-24(30(32(40)41)35-29(20)27(21(2)38)31(35)39)19-34-25-8-5-7-23-17-22(18-26(28(23)25)44(34,42)43)9-12-37(4)15-13-36(3,14-16-37)11-6-10-33/h5,7-8,17-18,20-21,27,29,38H,6,9-16,19,33H2,1-4H3/q+1/p+1/t20-,21+,27+,29+,36?,37?/m0/s1. The molecule has 2 aromatic carbocycles. The molecule has 12 heteroatoms. The Morgan fingerprint density at radius 2 is 1.77 bits per heavy atom. The van der Waals surface area contributed by atoms with E-state index in [1.54, 1.807) is 12.1 Å². The smallest absolute Gasteiger partial charge is 0.352 e. The van der Waals surface area contributed by atoms with Crippen LogP contribution in [-0.4, -0.2) is 123 Å². The Balaban J connectivity index is 1.26. The topological polar surface area (TPSA) is 141 Å². The van der Waals surface area contributed by atoms with Gasteiger partial charge in [0.05, 0.1) is 62.4 Å². The second kappa shape index (κ2) is 10.8. The molecule has 0 aromatic heterocycles. The Hall–Kier alpha value is -3.03. The quantitative estimate of drug-likeness (QED) is 0.267. The number of aliphatic hydroxyl groups excluding tert-OH is 1. The lowest BCUT2D eigenvalue weighted by Gasteiger charge is -2.46. The third kappa shape index (κ3) is 4.82. The minimum absolute atomic E-state index is 0.167. The maximum atomic E-state index is 14.2. The van der Waals surface area contributed by atoms with Gasteiger partial charge in [0, 0.05) is 24.1 Å². The molecule has 2 saturated heterocycles. The first-order valence-corrected chi connectivity index (χ1v) is 17.1. The lowest BCUT2D eigenvalue weighted by Crippen LogP contribution is -2.64. The SMILES string of the molecule is C[C@@H](O)[C@H]1C(=O)N2C(C(=O)O)=C(CN3c4cccc5cc(CC[N+]6(C)CC[N+](C)(CCCN)CC6)cc(c45)S3(=O)=O)[C@H](C)[C@H]12. The molecule has 4 aliphatic rings. The molecule has 0 radical (unpaired) electrons. The fourth-order valence-electron chi connectivity index (χ4n) is 7.92. The van der Waals surface area contributed by atoms with Crippen molar-refractivity contribution in [1.82, 2.24) is 4.90 Å². The molecule has 4 atom stereocenters. The van der Waals surface area contributed by atoms with Gasteiger partial charge in [0.15, 0.2) is 0 Å². The van der Waals surface area contributed by atoms with Crippen LogP contribution in [0.4, 0.5) is 5.69 Å². The van der Waals surface area contributed by atoms with Gasteiger partial charge < -0.3 is 29.8 Å². The second-order valence-electron chi connectivity index (χ2n) is 13.9. The van der Waals surface area contributed by atoms with E-state index in [0.717, 1.165) is 72.0 Å². The number of carboxylic acids is 1. The molecule has 0 bridgehead atoms. The minimum atomic E-state index is -3.99. The van der Waals surface area contributed by atoms with Crippen molar-refractivity contribution in [1.29, 1.82) is 0 Å². The van der Waals surface area contributed by atoms with Gasteiger partial charge in [-0.15, -0.1) is 0 Å². The molecule has 238 valence electrons. The summed E-state index contributed by atoms with van der Waals surface area (Å²) in [5, 5.41) is 21.8. The molecule has 44 heavy (non-hydrogen) atoms. The number of aliphatic carboxylic acids is 1. The largest absolute Gasteiger partial charge is 0.477 e. The van der Waals surface area contributed by atoms with Gasteiger partial charge in [0.25, 0.3) is 10.0 Å². The number of nitrogens with zero attached hydrogens (tertiary/aromatic N) is 4. The summed E-state index contributed by atoms with van der Waals surface area (Å²) in [6.45, 7) is 10.2. The van der Waals surface area contributed by atoms with Gasteiger partial charge in [-0.3, -0.25) is 9.10 Å². The van der Waals surface area contributed by atoms with Crippen molar-refractivity contribution in [2.45, 2.75) is 43.7 Å². The predicted molar refractivity (Wildman–Crippen MR) is 167 cm³/mol. The van der Waals surface area contributed by atoms with Gasteiger partial charge in [0.2, 0.25) is 5.91 Å². The van der Waals surface area contributed by atoms with Gasteiger partial charge in [-0.1, -0.05) is 25.1 Å². The molecule has 1 amide bonds. The first kappa shape index (κ1) is 31.0. The predicted octanol–water partition coefficient (Wildman–Crippen LogP) is 1.34. The normalized spacial score (nSPS) is 31.4. The van der Waals surface area contributed by atoms with E-state index in [-0.39, 0.29) is 17.1 Å². The lowest BCUT2D eigenvalue weighted by atomic mass is 9.78. The Morgan fingerprint density at radius 3 is 2.39 bits per heavy atom. The third-order valence-electron chi connectivity index (χ3n) is 10.8. The van der Waals surface area contributed by atoms with Crippen molar-refractivity contribution in [2.24, 2.45) is 17.6 Å². The van der Waals surface area contributed by atoms with Gasteiger partial charge >= 0.3 is 5.97 Å². The van der Waals surface area contributed by atoms with Crippen LogP contribution >= 0.6 is 0 Å². The number of piperazine rings is 1. The molecule has 2 fully saturated rings. The number of likely N-dealkylation sites (N-methyl/N-ethyl adjacent to an activating group) is 2. The molecule has 4 aliphatic heterocycles. The van der Waals surface area contributed by atoms with Gasteiger partial charge in [-0.05, 0) is 42.1 Å². The van der Waals surface area contributed by atoms with Gasteiger partial charge in [0.1, 0.15) is 31.9 Å². The van der Waals surface area contributed by atoms with E-state index in [1.165, 1.54) is 16.1 Å². The van der Waals surface area contributed by atoms with Crippen molar-refractivity contribution in [2.75, 3.05) is 70.8 Å². The van der Waals surface area contributed by atoms with Crippen LogP contribution in [0.15, 0.2) is 46.5 Å². The number of anilines is 1. The van der Waals surface area contributed by atoms with E-state index < -0.39 is 45.9 Å². The summed E-state index contributed by atoms with van der Waals surface area (Å²) in [4.78, 5) is 26.7. The fraction of sp³-hybridized carbons (Fsp3) is 0.562. The number of hydrogen-bond acceptors (Lipinski definition) is 6. The Kier molecular flexibility index (Phi) is 7.60. The highest BCUT2D eigenvalue weighted by molar-refractivity contribution is 7.93. The number of nitrogens with two attached hydrogens (primary N) is 1. The number of benzene rings is 2. The van der Waals surface area contributed by atoms with Crippen LogP contribution in [0.2, 0.25) is 0 Å². The highest BCUT2D eigenvalue weighted by Crippen LogP contribution is 2.49. The summed E-state index contributed by atoms with van der Waals surface area (Å²) < 4.78 is 31.6. The van der Waals surface area contributed by atoms with Gasteiger partial charge in [-0.2, -0.15) is 0 Å². The van der Waals surface area contributed by atoms with E-state index in [9.17, 15) is 28.2 Å². The zero-order chi connectivity index (χ0) is 31.8. The number of carbonyl (C=O) groups is 2. The van der Waals surface area contributed by atoms with Crippen LogP contribution < -0.4 is 10.0 Å². The average molecular weight is 628 g/mol. The summed E-state index contributed by atoms with van der Waals surface area (Å²) in [5.74, 6) is -2.84. The Labute approximate surface area is 259 Å². The van der Waals surface area contributed by atoms with Crippen LogP contribution in [0.25, 0.3) is 10.8 Å². The van der Waals surface area contributed by atoms with Crippen LogP contribution in [0, 0.1) is 11.8 Å². The Bertz CT molecular complexity index is 1660. The maximum absolute atomic E-state index is 14.2. The first-order chi connectivity index (χ1) is 20.7. The number of carboxylic acid groups (broad SMARTS) is 1. The summed E-state index contributed by atoms with van der Waals surface area (Å²) >= 11 is 0. The molecule has 4 heterocycles. The van der Waals surface area contributed by atoms with Crippen LogP contribution in [0.3, 0.4) is 0 Å². The van der Waals surface area contributed by atoms with Crippen LogP contribution in [0.1, 0.15) is 25.8 Å². The van der Waals surface area contributed by atoms with Gasteiger partial charge in [-0.25, -0.2) is 13.2 Å². The minimum Gasteiger partial charge on any atom is -0.477 e. The zero-order valence-electron chi connectivity index (χ0n) is 26.1. The average Bonchev–Trinajstić information content (AvgIpc) is 3.34. The van der Waals surface area contributed by atoms with Crippen molar-refractivity contribution in [3.05, 3.63) is 47.2 Å². The van der Waals surface area contributed by atoms with E-state index in [0.29, 0.717) is 23.2 Å². The highest BCUT2D eigenvalue weighted by Gasteiger charge is 2.60. The first-order valence-electron chi connectivity index (χ1n) is 15.6. The number of quaternary nitrogens is 2. The molecule has 0 spiro atoms. The number of fused-ring (bicyclic) bond motifs is 1. The van der Waals surface area contributed by atoms with E-state index in [4.69, 9.17) is 5.73 Å². The van der Waals surface area contributed by atoms with E-state index >= 15 is 0 Å². The third-order valence-corrected chi connectivity index (χ3v) is 12.6. The fourth-order valence-corrected chi connectivity index (χ4v) is 9.66. The van der Waals surface area contributed by atoms with E-state index in [1.807, 2.05) is 19.1 Å². The molecule has 6 rings (SSSR count). The second-order valence-corrected chi connectivity index (χ2v) is 15.7. The zero-order valence-corrected chi connectivity index (χ0v) is 26.9. The highest BCUT2D eigenvalue weighted by atomic mass is 32.2. The summed E-state index contributed by atoms with van der Waals surface area (Å²) in [6, 6.07) is 8.90. The van der Waals surface area contributed by atoms with Crippen molar-refractivity contribution in [3.63, 3.8) is 0 Å². The summed E-state index contributed by atoms with van der Waals surface area (Å²) in [5.41, 5.74) is 7.46. The number of β-lactam (4-membered cyclic amide) rings is 1. The monoisotopic (exact) mass is 627 g/mol. The molecule has 11 nitrogen and oxygen atoms in total. The molecule has 2 aromatic rings. The van der Waals surface area contributed by atoms with E-state index in [2.05, 4.69) is 20.2 Å². The molecular formula is C32H45N5O6S+2. The maximum Gasteiger partial charge on any atom is 0.352 e.